The second-order valence-corrected chi connectivity index (χ2v) is 8.30. The third-order valence-electron chi connectivity index (χ3n) is 6.06. The number of amides is 1. The molecule has 1 N–H and O–H groups in total. The van der Waals surface area contributed by atoms with E-state index in [4.69, 9.17) is 9.47 Å². The zero-order valence-electron chi connectivity index (χ0n) is 19.2. The molecule has 0 saturated heterocycles. The lowest BCUT2D eigenvalue weighted by Gasteiger charge is -2.20. The van der Waals surface area contributed by atoms with Crippen LogP contribution < -0.4 is 14.8 Å². The van der Waals surface area contributed by atoms with E-state index in [9.17, 15) is 9.18 Å². The monoisotopic (exact) mass is 460 g/mol. The average Bonchev–Trinajstić information content (AvgIpc) is 3.39. The van der Waals surface area contributed by atoms with Crippen molar-refractivity contribution in [3.63, 3.8) is 0 Å². The zero-order chi connectivity index (χ0) is 23.8. The minimum absolute atomic E-state index is 0.241. The summed E-state index contributed by atoms with van der Waals surface area (Å²) in [6, 6.07) is 13.2. The molecule has 2 aromatic heterocycles. The summed E-state index contributed by atoms with van der Waals surface area (Å²) in [5, 5.41) is 3.09. The highest BCUT2D eigenvalue weighted by molar-refractivity contribution is 5.96. The first kappa shape index (κ1) is 21.8. The van der Waals surface area contributed by atoms with E-state index in [0.29, 0.717) is 36.1 Å². The maximum Gasteiger partial charge on any atom is 0.253 e. The fraction of sp³-hybridized carbons (Fsp3) is 0.231. The standard InChI is InChI=1S/C26H25FN4O3/c1-16-14-21(17(2)31(16)20-8-9-22-23(15-20)34-13-12-33-22)26(32)29-24(25-28-10-11-30(25)3)18-4-6-19(27)7-5-18/h4-11,14-15,24H,12-13H2,1-3H3,(H,29,32). The summed E-state index contributed by atoms with van der Waals surface area (Å²) in [5.74, 6) is 1.48. The minimum Gasteiger partial charge on any atom is -0.486 e. The number of hydrogen-bond donors (Lipinski definition) is 1. The van der Waals surface area contributed by atoms with Gasteiger partial charge in [0.2, 0.25) is 0 Å². The number of aromatic nitrogens is 3. The highest BCUT2D eigenvalue weighted by atomic mass is 19.1. The molecule has 0 spiro atoms. The fourth-order valence-corrected chi connectivity index (χ4v) is 4.38. The Bertz CT molecular complexity index is 1360. The molecule has 1 aliphatic rings. The van der Waals surface area contributed by atoms with Crippen LogP contribution in [0.5, 0.6) is 11.5 Å². The Kier molecular flexibility index (Phi) is 5.57. The van der Waals surface area contributed by atoms with Gasteiger partial charge in [0, 0.05) is 42.6 Å². The van der Waals surface area contributed by atoms with Gasteiger partial charge in [0.15, 0.2) is 11.5 Å². The van der Waals surface area contributed by atoms with Crippen LogP contribution in [-0.2, 0) is 7.05 Å². The molecule has 8 heteroatoms. The largest absolute Gasteiger partial charge is 0.486 e. The van der Waals surface area contributed by atoms with Crippen LogP contribution in [0.15, 0.2) is 60.9 Å². The van der Waals surface area contributed by atoms with E-state index in [1.807, 2.05) is 60.5 Å². The second-order valence-electron chi connectivity index (χ2n) is 8.30. The predicted octanol–water partition coefficient (Wildman–Crippen LogP) is 4.26. The number of fused-ring (bicyclic) bond motifs is 1. The Morgan fingerprint density at radius 3 is 2.50 bits per heavy atom. The summed E-state index contributed by atoms with van der Waals surface area (Å²) in [6.45, 7) is 4.90. The van der Waals surface area contributed by atoms with Crippen molar-refractivity contribution in [3.8, 4) is 17.2 Å². The van der Waals surface area contributed by atoms with Crippen molar-refractivity contribution in [3.05, 3.63) is 95.1 Å². The molecule has 0 saturated carbocycles. The Labute approximate surface area is 196 Å². The van der Waals surface area contributed by atoms with Gasteiger partial charge in [-0.1, -0.05) is 12.1 Å². The number of ether oxygens (including phenoxy) is 2. The highest BCUT2D eigenvalue weighted by Crippen LogP contribution is 2.33. The molecule has 0 radical (unpaired) electrons. The number of nitrogens with zero attached hydrogens (tertiary/aromatic N) is 3. The molecule has 0 bridgehead atoms. The third kappa shape index (κ3) is 3.91. The van der Waals surface area contributed by atoms with Crippen LogP contribution in [0.1, 0.15) is 39.2 Å². The predicted molar refractivity (Wildman–Crippen MR) is 125 cm³/mol. The minimum atomic E-state index is -0.537. The Balaban J connectivity index is 1.48. The molecule has 5 rings (SSSR count). The van der Waals surface area contributed by atoms with Crippen molar-refractivity contribution < 1.29 is 18.7 Å². The molecule has 0 fully saturated rings. The van der Waals surface area contributed by atoms with E-state index in [0.717, 1.165) is 22.6 Å². The maximum atomic E-state index is 13.5. The number of rotatable bonds is 5. The smallest absolute Gasteiger partial charge is 0.253 e. The van der Waals surface area contributed by atoms with E-state index in [-0.39, 0.29) is 11.7 Å². The summed E-state index contributed by atoms with van der Waals surface area (Å²) in [7, 11) is 1.86. The zero-order valence-corrected chi connectivity index (χ0v) is 19.2. The molecule has 4 aromatic rings. The number of hydrogen-bond acceptors (Lipinski definition) is 4. The fourth-order valence-electron chi connectivity index (χ4n) is 4.38. The first-order chi connectivity index (χ1) is 16.4. The summed E-state index contributed by atoms with van der Waals surface area (Å²) in [6.07, 6.45) is 3.48. The van der Waals surface area contributed by atoms with Gasteiger partial charge in [0.1, 0.15) is 30.9 Å². The number of imidazole rings is 1. The van der Waals surface area contributed by atoms with E-state index in [1.165, 1.54) is 12.1 Å². The number of carbonyl (C=O) groups is 1. The maximum absolute atomic E-state index is 13.5. The lowest BCUT2D eigenvalue weighted by molar-refractivity contribution is 0.0940. The van der Waals surface area contributed by atoms with Gasteiger partial charge in [0.05, 0.1) is 5.56 Å². The summed E-state index contributed by atoms with van der Waals surface area (Å²) < 4.78 is 28.7. The van der Waals surface area contributed by atoms with E-state index < -0.39 is 6.04 Å². The Morgan fingerprint density at radius 1 is 1.06 bits per heavy atom. The van der Waals surface area contributed by atoms with Crippen molar-refractivity contribution in [1.29, 1.82) is 0 Å². The molecular weight excluding hydrogens is 435 g/mol. The number of nitrogens with one attached hydrogen (secondary N) is 1. The van der Waals surface area contributed by atoms with Crippen LogP contribution >= 0.6 is 0 Å². The van der Waals surface area contributed by atoms with E-state index in [1.54, 1.807) is 18.3 Å². The van der Waals surface area contributed by atoms with Crippen molar-refractivity contribution in [1.82, 2.24) is 19.4 Å². The molecule has 0 aliphatic carbocycles. The van der Waals surface area contributed by atoms with Crippen molar-refractivity contribution in [2.75, 3.05) is 13.2 Å². The quantitative estimate of drug-likeness (QED) is 0.483. The Hall–Kier alpha value is -4.07. The first-order valence-electron chi connectivity index (χ1n) is 11.0. The summed E-state index contributed by atoms with van der Waals surface area (Å²) in [4.78, 5) is 17.9. The molecular formula is C26H25FN4O3. The van der Waals surface area contributed by atoms with Gasteiger partial charge < -0.3 is 23.9 Å². The van der Waals surface area contributed by atoms with Crippen molar-refractivity contribution in [2.24, 2.45) is 7.05 Å². The molecule has 1 atom stereocenters. The van der Waals surface area contributed by atoms with Crippen molar-refractivity contribution >= 4 is 5.91 Å². The lowest BCUT2D eigenvalue weighted by atomic mass is 10.1. The van der Waals surface area contributed by atoms with Gasteiger partial charge >= 0.3 is 0 Å². The molecule has 7 nitrogen and oxygen atoms in total. The molecule has 2 aromatic carbocycles. The second kappa shape index (κ2) is 8.70. The van der Waals surface area contributed by atoms with Crippen molar-refractivity contribution in [2.45, 2.75) is 19.9 Å². The number of carbonyl (C=O) groups excluding carboxylic acids is 1. The van der Waals surface area contributed by atoms with Gasteiger partial charge in [0.25, 0.3) is 5.91 Å². The normalized spacial score (nSPS) is 13.5. The molecule has 1 amide bonds. The number of halogens is 1. The first-order valence-corrected chi connectivity index (χ1v) is 11.0. The van der Waals surface area contributed by atoms with Crippen LogP contribution in [0.2, 0.25) is 0 Å². The summed E-state index contributed by atoms with van der Waals surface area (Å²) >= 11 is 0. The van der Waals surface area contributed by atoms with Crippen LogP contribution in [0, 0.1) is 19.7 Å². The molecule has 3 heterocycles. The SMILES string of the molecule is Cc1cc(C(=O)NC(c2ccc(F)cc2)c2nccn2C)c(C)n1-c1ccc2c(c1)OCCO2. The molecule has 34 heavy (non-hydrogen) atoms. The Morgan fingerprint density at radius 2 is 1.79 bits per heavy atom. The molecule has 174 valence electrons. The van der Waals surface area contributed by atoms with Crippen LogP contribution in [0.4, 0.5) is 4.39 Å². The van der Waals surface area contributed by atoms with Crippen LogP contribution in [0.3, 0.4) is 0 Å². The van der Waals surface area contributed by atoms with Crippen LogP contribution in [-0.4, -0.2) is 33.2 Å². The third-order valence-corrected chi connectivity index (χ3v) is 6.06. The van der Waals surface area contributed by atoms with Gasteiger partial charge in [-0.3, -0.25) is 4.79 Å². The van der Waals surface area contributed by atoms with Gasteiger partial charge in [-0.2, -0.15) is 0 Å². The topological polar surface area (TPSA) is 70.3 Å². The van der Waals surface area contributed by atoms with Gasteiger partial charge in [-0.15, -0.1) is 0 Å². The highest BCUT2D eigenvalue weighted by Gasteiger charge is 2.25. The lowest BCUT2D eigenvalue weighted by Crippen LogP contribution is -2.31. The summed E-state index contributed by atoms with van der Waals surface area (Å²) in [5.41, 5.74) is 3.88. The number of benzene rings is 2. The van der Waals surface area contributed by atoms with E-state index >= 15 is 0 Å². The van der Waals surface area contributed by atoms with Gasteiger partial charge in [-0.25, -0.2) is 9.37 Å². The van der Waals surface area contributed by atoms with E-state index in [2.05, 4.69) is 10.3 Å². The average molecular weight is 461 g/mol. The van der Waals surface area contributed by atoms with Crippen LogP contribution in [0.25, 0.3) is 5.69 Å². The molecule has 1 aliphatic heterocycles. The van der Waals surface area contributed by atoms with Gasteiger partial charge in [-0.05, 0) is 49.7 Å². The molecule has 1 unspecified atom stereocenters. The number of aryl methyl sites for hydroxylation is 2.